The summed E-state index contributed by atoms with van der Waals surface area (Å²) in [4.78, 5) is 2.34. The van der Waals surface area contributed by atoms with Crippen LogP contribution in [-0.4, -0.2) is 10.6 Å². The van der Waals surface area contributed by atoms with Gasteiger partial charge in [0, 0.05) is 15.5 Å². The van der Waals surface area contributed by atoms with E-state index in [0.717, 1.165) is 10.6 Å². The van der Waals surface area contributed by atoms with Crippen molar-refractivity contribution in [3.8, 4) is 0 Å². The molecule has 0 saturated heterocycles. The quantitative estimate of drug-likeness (QED) is 0.520. The second kappa shape index (κ2) is 4.52. The van der Waals surface area contributed by atoms with Crippen molar-refractivity contribution in [2.24, 2.45) is 0 Å². The fourth-order valence-electron chi connectivity index (χ4n) is 0.702. The summed E-state index contributed by atoms with van der Waals surface area (Å²) in [5.74, 6) is 0.944. The zero-order valence-electron chi connectivity index (χ0n) is 6.41. The third-order valence-electron chi connectivity index (χ3n) is 1.19. The minimum absolute atomic E-state index is 0.944. The van der Waals surface area contributed by atoms with E-state index in [-0.39, 0.29) is 0 Å². The van der Waals surface area contributed by atoms with Gasteiger partial charge < -0.3 is 0 Å². The average molecular weight is 182 g/mol. The first-order valence-electron chi connectivity index (χ1n) is 3.46. The molecule has 0 N–H and O–H groups in total. The Hall–Kier alpha value is -0.340. The first kappa shape index (κ1) is 8.75. The van der Waals surface area contributed by atoms with Crippen LogP contribution in [0.15, 0.2) is 35.2 Å². The molecule has 0 aliphatic carbocycles. The lowest BCUT2D eigenvalue weighted by Crippen LogP contribution is -1.88. The van der Waals surface area contributed by atoms with Gasteiger partial charge in [0.25, 0.3) is 0 Å². The van der Waals surface area contributed by atoms with Crippen LogP contribution in [0.3, 0.4) is 0 Å². The predicted octanol–water partition coefficient (Wildman–Crippen LogP) is 3.17. The second-order valence-electron chi connectivity index (χ2n) is 2.30. The molecule has 0 unspecified atom stereocenters. The van der Waals surface area contributed by atoms with Crippen LogP contribution in [0.25, 0.3) is 0 Å². The van der Waals surface area contributed by atoms with E-state index in [1.165, 1.54) is 4.90 Å². The standard InChI is InChI=1S/C9H10S2/c1-8(10)7-11-9-5-3-2-4-6-9/h2-6H,7H2,1H3. The Morgan fingerprint density at radius 3 is 2.55 bits per heavy atom. The highest BCUT2D eigenvalue weighted by atomic mass is 32.2. The minimum atomic E-state index is 0.944. The number of thiocarbonyl (C=S) groups is 1. The summed E-state index contributed by atoms with van der Waals surface area (Å²) in [7, 11) is 0. The molecule has 0 amide bonds. The van der Waals surface area contributed by atoms with E-state index < -0.39 is 0 Å². The molecule has 0 saturated carbocycles. The molecule has 1 aromatic rings. The molecule has 0 heterocycles. The topological polar surface area (TPSA) is 0 Å². The average Bonchev–Trinajstić information content (AvgIpc) is 2.03. The van der Waals surface area contributed by atoms with Crippen molar-refractivity contribution in [3.05, 3.63) is 30.3 Å². The SMILES string of the molecule is CC(=S)CSc1ccccc1. The monoisotopic (exact) mass is 182 g/mol. The summed E-state index contributed by atoms with van der Waals surface area (Å²) in [5.41, 5.74) is 0. The van der Waals surface area contributed by atoms with Gasteiger partial charge in [0.2, 0.25) is 0 Å². The van der Waals surface area contributed by atoms with Crippen molar-refractivity contribution in [2.45, 2.75) is 11.8 Å². The van der Waals surface area contributed by atoms with E-state index in [9.17, 15) is 0 Å². The van der Waals surface area contributed by atoms with Crippen molar-refractivity contribution in [3.63, 3.8) is 0 Å². The van der Waals surface area contributed by atoms with Gasteiger partial charge in [-0.2, -0.15) is 0 Å². The normalized spacial score (nSPS) is 9.55. The molecule has 2 heteroatoms. The van der Waals surface area contributed by atoms with E-state index in [1.807, 2.05) is 25.1 Å². The Morgan fingerprint density at radius 1 is 1.36 bits per heavy atom. The van der Waals surface area contributed by atoms with E-state index in [4.69, 9.17) is 12.2 Å². The molecule has 0 atom stereocenters. The van der Waals surface area contributed by atoms with Crippen molar-refractivity contribution < 1.29 is 0 Å². The molecule has 0 aliphatic heterocycles. The molecule has 0 radical (unpaired) electrons. The van der Waals surface area contributed by atoms with Gasteiger partial charge in [-0.25, -0.2) is 0 Å². The van der Waals surface area contributed by atoms with E-state index in [1.54, 1.807) is 11.8 Å². The van der Waals surface area contributed by atoms with E-state index in [0.29, 0.717) is 0 Å². The van der Waals surface area contributed by atoms with Gasteiger partial charge in [0.05, 0.1) is 0 Å². The molecule has 58 valence electrons. The van der Waals surface area contributed by atoms with Gasteiger partial charge in [-0.05, 0) is 19.1 Å². The van der Waals surface area contributed by atoms with Crippen LogP contribution in [0.4, 0.5) is 0 Å². The van der Waals surface area contributed by atoms with Gasteiger partial charge in [0.1, 0.15) is 0 Å². The molecular weight excluding hydrogens is 172 g/mol. The zero-order valence-corrected chi connectivity index (χ0v) is 8.04. The van der Waals surface area contributed by atoms with Crippen molar-refractivity contribution >= 4 is 28.8 Å². The highest BCUT2D eigenvalue weighted by Crippen LogP contribution is 2.16. The summed E-state index contributed by atoms with van der Waals surface area (Å²) >= 11 is 6.76. The molecular formula is C9H10S2. The summed E-state index contributed by atoms with van der Waals surface area (Å²) in [6.07, 6.45) is 0. The Morgan fingerprint density at radius 2 is 2.00 bits per heavy atom. The zero-order chi connectivity index (χ0) is 8.10. The highest BCUT2D eigenvalue weighted by Gasteiger charge is 1.91. The smallest absolute Gasteiger partial charge is 0.0292 e. The lowest BCUT2D eigenvalue weighted by Gasteiger charge is -1.97. The van der Waals surface area contributed by atoms with Gasteiger partial charge in [-0.15, -0.1) is 11.8 Å². The number of hydrogen-bond acceptors (Lipinski definition) is 2. The predicted molar refractivity (Wildman–Crippen MR) is 55.4 cm³/mol. The third kappa shape index (κ3) is 3.54. The summed E-state index contributed by atoms with van der Waals surface area (Å²) in [6.45, 7) is 1.98. The molecule has 0 nitrogen and oxygen atoms in total. The highest BCUT2D eigenvalue weighted by molar-refractivity contribution is 8.01. The fourth-order valence-corrected chi connectivity index (χ4v) is 1.60. The fraction of sp³-hybridized carbons (Fsp3) is 0.222. The minimum Gasteiger partial charge on any atom is -0.121 e. The van der Waals surface area contributed by atoms with Gasteiger partial charge in [0.15, 0.2) is 0 Å². The molecule has 11 heavy (non-hydrogen) atoms. The molecule has 0 aromatic heterocycles. The molecule has 0 bridgehead atoms. The van der Waals surface area contributed by atoms with Crippen LogP contribution in [0.2, 0.25) is 0 Å². The second-order valence-corrected chi connectivity index (χ2v) is 4.05. The first-order chi connectivity index (χ1) is 5.29. The lowest BCUT2D eigenvalue weighted by atomic mass is 10.4. The van der Waals surface area contributed by atoms with Gasteiger partial charge in [-0.3, -0.25) is 0 Å². The Bertz CT molecular complexity index is 229. The molecule has 0 aliphatic rings. The van der Waals surface area contributed by atoms with Gasteiger partial charge in [-0.1, -0.05) is 30.4 Å². The Balaban J connectivity index is 2.45. The molecule has 0 fully saturated rings. The number of rotatable bonds is 3. The van der Waals surface area contributed by atoms with Crippen molar-refractivity contribution in [2.75, 3.05) is 5.75 Å². The van der Waals surface area contributed by atoms with Crippen LogP contribution in [-0.2, 0) is 0 Å². The lowest BCUT2D eigenvalue weighted by molar-refractivity contribution is 1.46. The Kier molecular flexibility index (Phi) is 3.60. The molecule has 0 spiro atoms. The van der Waals surface area contributed by atoms with Crippen LogP contribution in [0.1, 0.15) is 6.92 Å². The van der Waals surface area contributed by atoms with Gasteiger partial charge >= 0.3 is 0 Å². The summed E-state index contributed by atoms with van der Waals surface area (Å²) in [5, 5.41) is 0. The molecule has 1 rings (SSSR count). The largest absolute Gasteiger partial charge is 0.121 e. The number of thioether (sulfide) groups is 1. The third-order valence-corrected chi connectivity index (χ3v) is 2.70. The van der Waals surface area contributed by atoms with Crippen LogP contribution >= 0.6 is 24.0 Å². The van der Waals surface area contributed by atoms with Crippen LogP contribution in [0.5, 0.6) is 0 Å². The van der Waals surface area contributed by atoms with Crippen LogP contribution in [0, 0.1) is 0 Å². The number of hydrogen-bond donors (Lipinski definition) is 0. The summed E-state index contributed by atoms with van der Waals surface area (Å²) in [6, 6.07) is 10.3. The van der Waals surface area contributed by atoms with E-state index in [2.05, 4.69) is 12.1 Å². The Labute approximate surface area is 77.0 Å². The van der Waals surface area contributed by atoms with Crippen molar-refractivity contribution in [1.82, 2.24) is 0 Å². The number of benzene rings is 1. The molecule has 1 aromatic carbocycles. The maximum absolute atomic E-state index is 4.97. The maximum atomic E-state index is 4.97. The van der Waals surface area contributed by atoms with Crippen molar-refractivity contribution in [1.29, 1.82) is 0 Å². The first-order valence-corrected chi connectivity index (χ1v) is 4.86. The van der Waals surface area contributed by atoms with Crippen LogP contribution < -0.4 is 0 Å². The maximum Gasteiger partial charge on any atom is 0.0292 e. The summed E-state index contributed by atoms with van der Waals surface area (Å²) < 4.78 is 0. The van der Waals surface area contributed by atoms with E-state index >= 15 is 0 Å².